The van der Waals surface area contributed by atoms with E-state index in [0.29, 0.717) is 11.1 Å². The Morgan fingerprint density at radius 3 is 3.00 bits per heavy atom. The molecule has 1 aliphatic carbocycles. The molecule has 2 heterocycles. The molecule has 2 aromatic rings. The third kappa shape index (κ3) is 2.60. The van der Waals surface area contributed by atoms with E-state index in [1.807, 2.05) is 12.1 Å². The highest BCUT2D eigenvalue weighted by Crippen LogP contribution is 2.54. The van der Waals surface area contributed by atoms with Gasteiger partial charge in [0.1, 0.15) is 11.6 Å². The maximum Gasteiger partial charge on any atom is 0.256 e. The van der Waals surface area contributed by atoms with Crippen molar-refractivity contribution in [1.82, 2.24) is 9.88 Å². The molecule has 4 rings (SSSR count). The van der Waals surface area contributed by atoms with Gasteiger partial charge in [-0.05, 0) is 25.0 Å². The normalized spacial score (nSPS) is 15.9. The van der Waals surface area contributed by atoms with Gasteiger partial charge in [-0.1, -0.05) is 12.1 Å². The van der Waals surface area contributed by atoms with Crippen molar-refractivity contribution >= 4 is 11.7 Å². The Balaban J connectivity index is 1.69. The van der Waals surface area contributed by atoms with Crippen LogP contribution in [0.15, 0.2) is 30.5 Å². The third-order valence-corrected chi connectivity index (χ3v) is 5.35. The predicted molar refractivity (Wildman–Crippen MR) is 96.2 cm³/mol. The van der Waals surface area contributed by atoms with Crippen LogP contribution in [-0.4, -0.2) is 35.9 Å². The fourth-order valence-corrected chi connectivity index (χ4v) is 3.55. The molecular weight excluding hydrogens is 331 g/mol. The van der Waals surface area contributed by atoms with E-state index in [1.165, 1.54) is 11.0 Å². The van der Waals surface area contributed by atoms with Gasteiger partial charge in [0, 0.05) is 48.4 Å². The van der Waals surface area contributed by atoms with Crippen molar-refractivity contribution in [1.29, 1.82) is 5.26 Å². The van der Waals surface area contributed by atoms with E-state index >= 15 is 4.39 Å². The highest BCUT2D eigenvalue weighted by atomic mass is 19.1. The van der Waals surface area contributed by atoms with Crippen LogP contribution in [0.4, 0.5) is 10.2 Å². The summed E-state index contributed by atoms with van der Waals surface area (Å²) in [4.78, 5) is 18.3. The Morgan fingerprint density at radius 2 is 2.27 bits per heavy atom. The number of nitrogens with zero attached hydrogens (tertiary/aromatic N) is 3. The van der Waals surface area contributed by atoms with Gasteiger partial charge in [0.25, 0.3) is 5.91 Å². The molecule has 0 radical (unpaired) electrons. The van der Waals surface area contributed by atoms with E-state index < -0.39 is 11.7 Å². The van der Waals surface area contributed by atoms with Crippen LogP contribution in [0.2, 0.25) is 0 Å². The standard InChI is InChI=1S/C20H19FN4O/c1-25(9-3-8-22)19(26)15-5-2-4-14(17(15)21)13-10-16-18(23-11-13)24-12-20(16)6-7-20/h2,4-5,10-11H,3,6-7,9,12H2,1H3,(H,23,24). The van der Waals surface area contributed by atoms with E-state index in [-0.39, 0.29) is 23.9 Å². The summed E-state index contributed by atoms with van der Waals surface area (Å²) in [6.07, 6.45) is 4.12. The molecule has 1 N–H and O–H groups in total. The SMILES string of the molecule is CN(CCC#N)C(=O)c1cccc(-c2cnc3c(c2)C2(CC2)CN3)c1F. The smallest absolute Gasteiger partial charge is 0.256 e. The van der Waals surface area contributed by atoms with Gasteiger partial charge in [0.15, 0.2) is 0 Å². The summed E-state index contributed by atoms with van der Waals surface area (Å²) in [6.45, 7) is 1.16. The van der Waals surface area contributed by atoms with Gasteiger partial charge in [0.2, 0.25) is 0 Å². The molecule has 2 aliphatic rings. The summed E-state index contributed by atoms with van der Waals surface area (Å²) in [5, 5.41) is 12.0. The van der Waals surface area contributed by atoms with Crippen LogP contribution in [0, 0.1) is 17.1 Å². The van der Waals surface area contributed by atoms with Gasteiger partial charge in [-0.15, -0.1) is 0 Å². The zero-order valence-electron chi connectivity index (χ0n) is 14.6. The first-order valence-corrected chi connectivity index (χ1v) is 8.71. The van der Waals surface area contributed by atoms with Crippen LogP contribution < -0.4 is 5.32 Å². The Hall–Kier alpha value is -2.94. The van der Waals surface area contributed by atoms with E-state index in [1.54, 1.807) is 25.4 Å². The van der Waals surface area contributed by atoms with Crippen LogP contribution in [0.5, 0.6) is 0 Å². The number of aromatic nitrogens is 1. The van der Waals surface area contributed by atoms with Gasteiger partial charge in [-0.2, -0.15) is 5.26 Å². The number of pyridine rings is 1. The number of hydrogen-bond acceptors (Lipinski definition) is 4. The van der Waals surface area contributed by atoms with Crippen LogP contribution >= 0.6 is 0 Å². The zero-order valence-corrected chi connectivity index (χ0v) is 14.6. The zero-order chi connectivity index (χ0) is 18.3. The van der Waals surface area contributed by atoms with Gasteiger partial charge in [-0.3, -0.25) is 4.79 Å². The van der Waals surface area contributed by atoms with Gasteiger partial charge < -0.3 is 10.2 Å². The molecule has 0 unspecified atom stereocenters. The maximum absolute atomic E-state index is 15.1. The summed E-state index contributed by atoms with van der Waals surface area (Å²) >= 11 is 0. The molecule has 132 valence electrons. The Morgan fingerprint density at radius 1 is 1.46 bits per heavy atom. The molecule has 1 saturated carbocycles. The van der Waals surface area contributed by atoms with Crippen molar-refractivity contribution in [3.8, 4) is 17.2 Å². The molecule has 1 aromatic heterocycles. The molecule has 1 aliphatic heterocycles. The molecule has 1 aromatic carbocycles. The highest BCUT2D eigenvalue weighted by molar-refractivity contribution is 5.95. The fourth-order valence-electron chi connectivity index (χ4n) is 3.55. The van der Waals surface area contributed by atoms with Crippen molar-refractivity contribution in [2.75, 3.05) is 25.5 Å². The highest BCUT2D eigenvalue weighted by Gasteiger charge is 2.49. The molecule has 0 saturated heterocycles. The van der Waals surface area contributed by atoms with Crippen LogP contribution in [-0.2, 0) is 5.41 Å². The molecule has 26 heavy (non-hydrogen) atoms. The van der Waals surface area contributed by atoms with Crippen molar-refractivity contribution in [2.45, 2.75) is 24.7 Å². The largest absolute Gasteiger partial charge is 0.369 e. The first-order valence-electron chi connectivity index (χ1n) is 8.71. The summed E-state index contributed by atoms with van der Waals surface area (Å²) in [6, 6.07) is 8.83. The Bertz CT molecular complexity index is 930. The summed E-state index contributed by atoms with van der Waals surface area (Å²) < 4.78 is 15.1. The molecule has 1 amide bonds. The maximum atomic E-state index is 15.1. The summed E-state index contributed by atoms with van der Waals surface area (Å²) in [5.41, 5.74) is 2.40. The molecule has 1 fully saturated rings. The molecule has 0 atom stereocenters. The number of fused-ring (bicyclic) bond motifs is 2. The minimum absolute atomic E-state index is 0.0164. The van der Waals surface area contributed by atoms with Gasteiger partial charge >= 0.3 is 0 Å². The van der Waals surface area contributed by atoms with E-state index in [9.17, 15) is 4.79 Å². The first-order chi connectivity index (χ1) is 12.6. The number of anilines is 1. The monoisotopic (exact) mass is 350 g/mol. The second-order valence-electron chi connectivity index (χ2n) is 7.06. The van der Waals surface area contributed by atoms with Crippen molar-refractivity contribution < 1.29 is 9.18 Å². The second kappa shape index (κ2) is 6.10. The minimum atomic E-state index is -0.543. The van der Waals surface area contributed by atoms with Crippen molar-refractivity contribution in [3.05, 3.63) is 47.4 Å². The average Bonchev–Trinajstić information content (AvgIpc) is 3.36. The number of amides is 1. The quantitative estimate of drug-likeness (QED) is 0.918. The van der Waals surface area contributed by atoms with Crippen LogP contribution in [0.3, 0.4) is 0 Å². The summed E-state index contributed by atoms with van der Waals surface area (Å²) in [5.74, 6) is -0.0805. The van der Waals surface area contributed by atoms with Gasteiger partial charge in [-0.25, -0.2) is 9.37 Å². The predicted octanol–water partition coefficient (Wildman–Crippen LogP) is 3.33. The Labute approximate surface area is 151 Å². The number of benzene rings is 1. The van der Waals surface area contributed by atoms with Crippen LogP contribution in [0.1, 0.15) is 35.2 Å². The molecular formula is C20H19FN4O. The van der Waals surface area contributed by atoms with Crippen molar-refractivity contribution in [2.24, 2.45) is 0 Å². The minimum Gasteiger partial charge on any atom is -0.369 e. The lowest BCUT2D eigenvalue weighted by Crippen LogP contribution is -2.28. The number of halogens is 1. The fraction of sp³-hybridized carbons (Fsp3) is 0.350. The third-order valence-electron chi connectivity index (χ3n) is 5.35. The molecule has 5 nitrogen and oxygen atoms in total. The first kappa shape index (κ1) is 16.5. The molecule has 1 spiro atoms. The summed E-state index contributed by atoms with van der Waals surface area (Å²) in [7, 11) is 1.57. The van der Waals surface area contributed by atoms with Gasteiger partial charge in [0.05, 0.1) is 18.1 Å². The number of nitriles is 1. The second-order valence-corrected chi connectivity index (χ2v) is 7.06. The topological polar surface area (TPSA) is 69.0 Å². The van der Waals surface area contributed by atoms with Crippen molar-refractivity contribution in [3.63, 3.8) is 0 Å². The number of nitrogens with one attached hydrogen (secondary N) is 1. The van der Waals surface area contributed by atoms with E-state index in [2.05, 4.69) is 10.3 Å². The lowest BCUT2D eigenvalue weighted by Gasteiger charge is -2.17. The van der Waals surface area contributed by atoms with E-state index in [4.69, 9.17) is 5.26 Å². The molecule has 6 heteroatoms. The van der Waals surface area contributed by atoms with E-state index in [0.717, 1.165) is 30.8 Å². The molecule has 0 bridgehead atoms. The van der Waals surface area contributed by atoms with Crippen LogP contribution in [0.25, 0.3) is 11.1 Å². The average molecular weight is 350 g/mol. The number of rotatable bonds is 4. The number of carbonyl (C=O) groups is 1. The number of carbonyl (C=O) groups excluding carboxylic acids is 1. The lowest BCUT2D eigenvalue weighted by atomic mass is 9.96. The number of hydrogen-bond donors (Lipinski definition) is 1. The lowest BCUT2D eigenvalue weighted by molar-refractivity contribution is 0.0793. The Kier molecular flexibility index (Phi) is 3.87.